The monoisotopic (exact) mass is 346 g/mol. The van der Waals surface area contributed by atoms with Crippen molar-refractivity contribution in [2.24, 2.45) is 0 Å². The fourth-order valence-electron chi connectivity index (χ4n) is 2.60. The molecule has 25 heavy (non-hydrogen) atoms. The third kappa shape index (κ3) is 4.55. The molecule has 0 saturated carbocycles. The zero-order chi connectivity index (χ0) is 17.6. The summed E-state index contributed by atoms with van der Waals surface area (Å²) in [6.45, 7) is 3.22. The van der Waals surface area contributed by atoms with Crippen molar-refractivity contribution >= 4 is 5.91 Å². The second kappa shape index (κ2) is 8.09. The number of likely N-dealkylation sites (N-methyl/N-ethyl adjacent to an activating group) is 1. The minimum absolute atomic E-state index is 0.0840. The van der Waals surface area contributed by atoms with E-state index in [4.69, 9.17) is 13.9 Å². The van der Waals surface area contributed by atoms with Crippen molar-refractivity contribution in [3.8, 4) is 17.2 Å². The molecule has 8 nitrogen and oxygen atoms in total. The van der Waals surface area contributed by atoms with Gasteiger partial charge in [-0.1, -0.05) is 0 Å². The number of hydrogen-bond donors (Lipinski definition) is 0. The lowest BCUT2D eigenvalue weighted by Gasteiger charge is -2.28. The van der Waals surface area contributed by atoms with Crippen LogP contribution >= 0.6 is 0 Å². The lowest BCUT2D eigenvalue weighted by molar-refractivity contribution is -0.136. The first kappa shape index (κ1) is 17.4. The first-order valence-corrected chi connectivity index (χ1v) is 8.16. The first-order valence-electron chi connectivity index (χ1n) is 8.16. The normalized spacial score (nSPS) is 14.8. The standard InChI is InChI=1S/C17H22N4O4/c1-20(12-16(22)21-7-9-24-10-8-21)11-15-18-19-17(25-15)13-3-5-14(23-2)6-4-13/h3-6H,7-12H2,1-2H3. The summed E-state index contributed by atoms with van der Waals surface area (Å²) in [5, 5.41) is 8.13. The van der Waals surface area contributed by atoms with Crippen molar-refractivity contribution in [2.45, 2.75) is 6.54 Å². The van der Waals surface area contributed by atoms with E-state index in [0.717, 1.165) is 11.3 Å². The van der Waals surface area contributed by atoms with Crippen LogP contribution in [0.2, 0.25) is 0 Å². The van der Waals surface area contributed by atoms with Crippen LogP contribution in [0, 0.1) is 0 Å². The second-order valence-corrected chi connectivity index (χ2v) is 5.89. The van der Waals surface area contributed by atoms with Gasteiger partial charge in [-0.15, -0.1) is 10.2 Å². The van der Waals surface area contributed by atoms with Crippen molar-refractivity contribution < 1.29 is 18.7 Å². The van der Waals surface area contributed by atoms with E-state index in [1.807, 2.05) is 41.1 Å². The van der Waals surface area contributed by atoms with Gasteiger partial charge in [-0.3, -0.25) is 9.69 Å². The number of amides is 1. The predicted molar refractivity (Wildman–Crippen MR) is 90.0 cm³/mol. The van der Waals surface area contributed by atoms with Crippen molar-refractivity contribution in [2.75, 3.05) is 47.0 Å². The number of hydrogen-bond acceptors (Lipinski definition) is 7. The molecule has 0 radical (unpaired) electrons. The number of benzene rings is 1. The molecular formula is C17H22N4O4. The Morgan fingerprint density at radius 1 is 1.24 bits per heavy atom. The molecule has 1 aliphatic rings. The van der Waals surface area contributed by atoms with Crippen LogP contribution in [0.25, 0.3) is 11.5 Å². The molecule has 1 aromatic heterocycles. The SMILES string of the molecule is COc1ccc(-c2nnc(CN(C)CC(=O)N3CCOCC3)o2)cc1. The van der Waals surface area contributed by atoms with E-state index in [-0.39, 0.29) is 5.91 Å². The van der Waals surface area contributed by atoms with Crippen LogP contribution in [0.4, 0.5) is 0 Å². The van der Waals surface area contributed by atoms with Crippen molar-refractivity contribution in [3.63, 3.8) is 0 Å². The summed E-state index contributed by atoms with van der Waals surface area (Å²) < 4.78 is 16.1. The van der Waals surface area contributed by atoms with Crippen LogP contribution in [0.5, 0.6) is 5.75 Å². The number of nitrogens with zero attached hydrogens (tertiary/aromatic N) is 4. The van der Waals surface area contributed by atoms with Crippen LogP contribution < -0.4 is 4.74 Å². The molecule has 1 amide bonds. The van der Waals surface area contributed by atoms with Gasteiger partial charge in [0.05, 0.1) is 33.4 Å². The molecule has 0 atom stereocenters. The van der Waals surface area contributed by atoms with Crippen molar-refractivity contribution in [1.29, 1.82) is 0 Å². The van der Waals surface area contributed by atoms with Crippen LogP contribution in [-0.2, 0) is 16.1 Å². The topological polar surface area (TPSA) is 80.9 Å². The van der Waals surface area contributed by atoms with Gasteiger partial charge in [0.25, 0.3) is 0 Å². The van der Waals surface area contributed by atoms with E-state index < -0.39 is 0 Å². The summed E-state index contributed by atoms with van der Waals surface area (Å²) in [4.78, 5) is 15.9. The Morgan fingerprint density at radius 2 is 1.96 bits per heavy atom. The first-order chi connectivity index (χ1) is 12.2. The number of rotatable bonds is 6. The summed E-state index contributed by atoms with van der Waals surface area (Å²) in [6.07, 6.45) is 0. The molecule has 2 aromatic rings. The van der Waals surface area contributed by atoms with Crippen molar-refractivity contribution in [3.05, 3.63) is 30.2 Å². The van der Waals surface area contributed by atoms with E-state index in [2.05, 4.69) is 10.2 Å². The Kier molecular flexibility index (Phi) is 5.62. The molecule has 2 heterocycles. The number of carbonyl (C=O) groups is 1. The molecule has 0 bridgehead atoms. The zero-order valence-corrected chi connectivity index (χ0v) is 14.5. The maximum absolute atomic E-state index is 12.2. The maximum Gasteiger partial charge on any atom is 0.247 e. The molecule has 0 unspecified atom stereocenters. The van der Waals surface area contributed by atoms with Gasteiger partial charge in [0.2, 0.25) is 17.7 Å². The zero-order valence-electron chi connectivity index (χ0n) is 14.5. The average Bonchev–Trinajstić information content (AvgIpc) is 3.10. The van der Waals surface area contributed by atoms with Gasteiger partial charge in [0.1, 0.15) is 5.75 Å². The largest absolute Gasteiger partial charge is 0.497 e. The molecule has 1 aromatic carbocycles. The number of carbonyl (C=O) groups excluding carboxylic acids is 1. The highest BCUT2D eigenvalue weighted by molar-refractivity contribution is 5.78. The molecule has 0 spiro atoms. The predicted octanol–water partition coefficient (Wildman–Crippen LogP) is 1.04. The number of aromatic nitrogens is 2. The third-order valence-corrected chi connectivity index (χ3v) is 3.98. The highest BCUT2D eigenvalue weighted by Gasteiger charge is 2.19. The Hall–Kier alpha value is -2.45. The number of ether oxygens (including phenoxy) is 2. The smallest absolute Gasteiger partial charge is 0.247 e. The van der Waals surface area contributed by atoms with Gasteiger partial charge in [0, 0.05) is 18.7 Å². The molecule has 1 aliphatic heterocycles. The maximum atomic E-state index is 12.2. The van der Waals surface area contributed by atoms with Crippen LogP contribution in [0.3, 0.4) is 0 Å². The average molecular weight is 346 g/mol. The molecule has 1 fully saturated rings. The van der Waals surface area contributed by atoms with E-state index >= 15 is 0 Å². The fraction of sp³-hybridized carbons (Fsp3) is 0.471. The van der Waals surface area contributed by atoms with Gasteiger partial charge >= 0.3 is 0 Å². The van der Waals surface area contributed by atoms with E-state index in [1.54, 1.807) is 7.11 Å². The van der Waals surface area contributed by atoms with Crippen molar-refractivity contribution in [1.82, 2.24) is 20.0 Å². The lowest BCUT2D eigenvalue weighted by Crippen LogP contribution is -2.44. The van der Waals surface area contributed by atoms with Gasteiger partial charge < -0.3 is 18.8 Å². The molecule has 134 valence electrons. The Balaban J connectivity index is 1.55. The summed E-state index contributed by atoms with van der Waals surface area (Å²) in [6, 6.07) is 7.41. The molecule has 8 heteroatoms. The Bertz CT molecular complexity index is 695. The van der Waals surface area contributed by atoms with Gasteiger partial charge in [-0.25, -0.2) is 0 Å². The number of morpholine rings is 1. The molecule has 3 rings (SSSR count). The second-order valence-electron chi connectivity index (χ2n) is 5.89. The van der Waals surface area contributed by atoms with Gasteiger partial charge in [-0.2, -0.15) is 0 Å². The Morgan fingerprint density at radius 3 is 2.64 bits per heavy atom. The summed E-state index contributed by atoms with van der Waals surface area (Å²) in [5.74, 6) is 1.78. The van der Waals surface area contributed by atoms with E-state index in [1.165, 1.54) is 0 Å². The minimum Gasteiger partial charge on any atom is -0.497 e. The Labute approximate surface area is 146 Å². The molecule has 0 N–H and O–H groups in total. The van der Waals surface area contributed by atoms with E-state index in [9.17, 15) is 4.79 Å². The highest BCUT2D eigenvalue weighted by Crippen LogP contribution is 2.21. The van der Waals surface area contributed by atoms with Gasteiger partial charge in [-0.05, 0) is 31.3 Å². The summed E-state index contributed by atoms with van der Waals surface area (Å²) >= 11 is 0. The summed E-state index contributed by atoms with van der Waals surface area (Å²) in [7, 11) is 3.48. The molecule has 0 aliphatic carbocycles. The van der Waals surface area contributed by atoms with Crippen LogP contribution in [0.15, 0.2) is 28.7 Å². The van der Waals surface area contributed by atoms with Crippen LogP contribution in [0.1, 0.15) is 5.89 Å². The minimum atomic E-state index is 0.0840. The molecular weight excluding hydrogens is 324 g/mol. The highest BCUT2D eigenvalue weighted by atomic mass is 16.5. The lowest BCUT2D eigenvalue weighted by atomic mass is 10.2. The van der Waals surface area contributed by atoms with Gasteiger partial charge in [0.15, 0.2) is 0 Å². The number of methoxy groups -OCH3 is 1. The third-order valence-electron chi connectivity index (χ3n) is 3.98. The molecule has 1 saturated heterocycles. The fourth-order valence-corrected chi connectivity index (χ4v) is 2.60. The quantitative estimate of drug-likeness (QED) is 0.773. The summed E-state index contributed by atoms with van der Waals surface area (Å²) in [5.41, 5.74) is 0.826. The van der Waals surface area contributed by atoms with Crippen LogP contribution in [-0.4, -0.2) is 72.9 Å². The van der Waals surface area contributed by atoms with E-state index in [0.29, 0.717) is 51.2 Å².